The van der Waals surface area contributed by atoms with Crippen LogP contribution in [-0.2, 0) is 7.05 Å². The molecule has 8 heteroatoms. The molecule has 1 aliphatic rings. The highest BCUT2D eigenvalue weighted by Gasteiger charge is 2.26. The van der Waals surface area contributed by atoms with Gasteiger partial charge in [0.15, 0.2) is 18.5 Å². The third-order valence-corrected chi connectivity index (χ3v) is 2.82. The summed E-state index contributed by atoms with van der Waals surface area (Å²) in [4.78, 5) is 23.4. The molecule has 0 unspecified atom stereocenters. The molecule has 0 fully saturated rings. The highest BCUT2D eigenvalue weighted by Crippen LogP contribution is 2.32. The molecule has 0 saturated carbocycles. The molecule has 8 nitrogen and oxygen atoms in total. The van der Waals surface area contributed by atoms with Crippen LogP contribution in [0.4, 0.5) is 5.69 Å². The molecule has 1 aromatic carbocycles. The van der Waals surface area contributed by atoms with Crippen molar-refractivity contribution < 1.29 is 23.5 Å². The van der Waals surface area contributed by atoms with E-state index in [1.165, 1.54) is 11.7 Å². The number of benzene rings is 1. The van der Waals surface area contributed by atoms with Crippen molar-refractivity contribution >= 4 is 11.6 Å². The number of hydrogen-bond acceptors (Lipinski definition) is 5. The smallest absolute Gasteiger partial charge is 0.440 e. The van der Waals surface area contributed by atoms with Crippen LogP contribution in [0.15, 0.2) is 27.5 Å². The molecular formula is C12H12N3O5+. The SMILES string of the molecule is C[n+]1[nH]oc(=O)c1C(=O)Nc1ccc2c(c1)OCCO2. The molecule has 0 bridgehead atoms. The van der Waals surface area contributed by atoms with Gasteiger partial charge in [0.1, 0.15) is 13.2 Å². The summed E-state index contributed by atoms with van der Waals surface area (Å²) in [6.07, 6.45) is 0. The minimum Gasteiger partial charge on any atom is -0.486 e. The van der Waals surface area contributed by atoms with Crippen molar-refractivity contribution in [1.82, 2.24) is 5.27 Å². The summed E-state index contributed by atoms with van der Waals surface area (Å²) < 4.78 is 16.5. The van der Waals surface area contributed by atoms with Gasteiger partial charge in [-0.1, -0.05) is 4.68 Å². The van der Waals surface area contributed by atoms with E-state index >= 15 is 0 Å². The highest BCUT2D eigenvalue weighted by atomic mass is 16.6. The lowest BCUT2D eigenvalue weighted by molar-refractivity contribution is -0.741. The van der Waals surface area contributed by atoms with E-state index in [4.69, 9.17) is 9.47 Å². The van der Waals surface area contributed by atoms with E-state index in [1.54, 1.807) is 18.2 Å². The third-order valence-electron chi connectivity index (χ3n) is 2.82. The first-order chi connectivity index (χ1) is 9.65. The van der Waals surface area contributed by atoms with E-state index in [9.17, 15) is 9.59 Å². The first kappa shape index (κ1) is 12.3. The fourth-order valence-corrected chi connectivity index (χ4v) is 1.90. The molecule has 2 heterocycles. The number of anilines is 1. The number of nitrogens with zero attached hydrogens (tertiary/aromatic N) is 1. The van der Waals surface area contributed by atoms with Gasteiger partial charge in [-0.25, -0.2) is 4.79 Å². The van der Waals surface area contributed by atoms with Gasteiger partial charge in [0.2, 0.25) is 0 Å². The summed E-state index contributed by atoms with van der Waals surface area (Å²) >= 11 is 0. The normalized spacial score (nSPS) is 13.1. The van der Waals surface area contributed by atoms with Gasteiger partial charge in [0, 0.05) is 11.8 Å². The zero-order valence-electron chi connectivity index (χ0n) is 10.6. The summed E-state index contributed by atoms with van der Waals surface area (Å²) in [7, 11) is 1.50. The van der Waals surface area contributed by atoms with Gasteiger partial charge in [-0.05, 0) is 17.4 Å². The Morgan fingerprint density at radius 2 is 2.05 bits per heavy atom. The number of hydrogen-bond donors (Lipinski definition) is 2. The second-order valence-electron chi connectivity index (χ2n) is 4.20. The standard InChI is InChI=1S/C12H11N3O5/c1-15-10(12(17)20-14-15)11(16)13-7-2-3-8-9(6-7)19-5-4-18-8/h2-3,6H,4-5H2,1H3,(H-,13,14,16,17)/p+1. The van der Waals surface area contributed by atoms with Crippen molar-refractivity contribution in [2.24, 2.45) is 7.05 Å². The van der Waals surface area contributed by atoms with Gasteiger partial charge in [0.05, 0.1) is 0 Å². The number of fused-ring (bicyclic) bond motifs is 1. The summed E-state index contributed by atoms with van der Waals surface area (Å²) in [5, 5.41) is 4.88. The van der Waals surface area contributed by atoms with Gasteiger partial charge in [0.25, 0.3) is 0 Å². The molecule has 3 rings (SSSR count). The number of carbonyl (C=O) groups excluding carboxylic acids is 1. The highest BCUT2D eigenvalue weighted by molar-refractivity contribution is 6.01. The Morgan fingerprint density at radius 1 is 1.30 bits per heavy atom. The number of amides is 1. The average Bonchev–Trinajstić information content (AvgIpc) is 2.78. The molecule has 1 aliphatic heterocycles. The number of aromatic nitrogens is 2. The van der Waals surface area contributed by atoms with E-state index in [-0.39, 0.29) is 5.69 Å². The Kier molecular flexibility index (Phi) is 2.90. The maximum atomic E-state index is 12.0. The van der Waals surface area contributed by atoms with Crippen molar-refractivity contribution in [3.8, 4) is 11.5 Å². The van der Waals surface area contributed by atoms with Crippen molar-refractivity contribution in [2.75, 3.05) is 18.5 Å². The second kappa shape index (κ2) is 4.72. The van der Waals surface area contributed by atoms with Crippen LogP contribution in [0.3, 0.4) is 0 Å². The number of H-pyrrole nitrogens is 1. The minimum absolute atomic E-state index is 0.125. The zero-order chi connectivity index (χ0) is 14.1. The number of ether oxygens (including phenoxy) is 2. The fraction of sp³-hybridized carbons (Fsp3) is 0.250. The molecule has 104 valence electrons. The quantitative estimate of drug-likeness (QED) is 0.742. The molecular weight excluding hydrogens is 266 g/mol. The van der Waals surface area contributed by atoms with Crippen molar-refractivity contribution in [3.05, 3.63) is 34.3 Å². The van der Waals surface area contributed by atoms with Gasteiger partial charge < -0.3 is 14.8 Å². The Labute approximate surface area is 112 Å². The van der Waals surface area contributed by atoms with Crippen LogP contribution in [0, 0.1) is 0 Å². The zero-order valence-corrected chi connectivity index (χ0v) is 10.6. The maximum absolute atomic E-state index is 12.0. The lowest BCUT2D eigenvalue weighted by Gasteiger charge is -2.18. The van der Waals surface area contributed by atoms with Gasteiger partial charge in [-0.15, -0.1) is 0 Å². The summed E-state index contributed by atoms with van der Waals surface area (Å²) in [5.41, 5.74) is -0.359. The Hall–Kier alpha value is -2.77. The Bertz CT molecular complexity index is 718. The average molecular weight is 278 g/mol. The molecule has 0 aliphatic carbocycles. The van der Waals surface area contributed by atoms with E-state index in [1.807, 2.05) is 0 Å². The predicted octanol–water partition coefficient (Wildman–Crippen LogP) is -0.184. The van der Waals surface area contributed by atoms with E-state index in [2.05, 4.69) is 15.1 Å². The van der Waals surface area contributed by atoms with Crippen LogP contribution >= 0.6 is 0 Å². The first-order valence-electron chi connectivity index (χ1n) is 5.93. The molecule has 0 atom stereocenters. The summed E-state index contributed by atoms with van der Waals surface area (Å²) in [6.45, 7) is 0.958. The molecule has 1 aromatic heterocycles. The lowest BCUT2D eigenvalue weighted by atomic mass is 10.2. The van der Waals surface area contributed by atoms with Crippen molar-refractivity contribution in [1.29, 1.82) is 0 Å². The molecule has 0 spiro atoms. The van der Waals surface area contributed by atoms with Gasteiger partial charge in [-0.2, -0.15) is 0 Å². The number of nitrogens with one attached hydrogen (secondary N) is 2. The molecule has 0 radical (unpaired) electrons. The molecule has 2 N–H and O–H groups in total. The largest absolute Gasteiger partial charge is 0.486 e. The number of rotatable bonds is 2. The third kappa shape index (κ3) is 2.11. The van der Waals surface area contributed by atoms with Crippen molar-refractivity contribution in [2.45, 2.75) is 0 Å². The molecule has 0 saturated heterocycles. The lowest BCUT2D eigenvalue weighted by Crippen LogP contribution is -2.41. The number of carbonyl (C=O) groups is 1. The molecule has 2 aromatic rings. The molecule has 20 heavy (non-hydrogen) atoms. The second-order valence-corrected chi connectivity index (χ2v) is 4.20. The van der Waals surface area contributed by atoms with Gasteiger partial charge in [-0.3, -0.25) is 9.32 Å². The predicted molar refractivity (Wildman–Crippen MR) is 65.9 cm³/mol. The fourth-order valence-electron chi connectivity index (χ4n) is 1.90. The van der Waals surface area contributed by atoms with Crippen LogP contribution in [0.2, 0.25) is 0 Å². The monoisotopic (exact) mass is 278 g/mol. The minimum atomic E-state index is -0.734. The number of aryl methyl sites for hydroxylation is 1. The van der Waals surface area contributed by atoms with Crippen LogP contribution in [0.25, 0.3) is 0 Å². The van der Waals surface area contributed by atoms with E-state index in [0.717, 1.165) is 0 Å². The van der Waals surface area contributed by atoms with E-state index < -0.39 is 11.5 Å². The Morgan fingerprint density at radius 3 is 2.75 bits per heavy atom. The van der Waals surface area contributed by atoms with Crippen LogP contribution in [-0.4, -0.2) is 24.4 Å². The summed E-state index contributed by atoms with van der Waals surface area (Å²) in [5.74, 6) is 0.611. The summed E-state index contributed by atoms with van der Waals surface area (Å²) in [6, 6.07) is 5.00. The maximum Gasteiger partial charge on any atom is 0.440 e. The van der Waals surface area contributed by atoms with Crippen LogP contribution in [0.5, 0.6) is 11.5 Å². The van der Waals surface area contributed by atoms with Crippen LogP contribution < -0.4 is 25.1 Å². The first-order valence-corrected chi connectivity index (χ1v) is 5.93. The van der Waals surface area contributed by atoms with Crippen molar-refractivity contribution in [3.63, 3.8) is 0 Å². The van der Waals surface area contributed by atoms with Crippen LogP contribution in [0.1, 0.15) is 10.5 Å². The molecule has 1 amide bonds. The topological polar surface area (TPSA) is 97.4 Å². The Balaban J connectivity index is 1.85. The van der Waals surface area contributed by atoms with Gasteiger partial charge >= 0.3 is 17.2 Å². The number of aromatic amines is 1. The van der Waals surface area contributed by atoms with E-state index in [0.29, 0.717) is 30.4 Å².